The van der Waals surface area contributed by atoms with Gasteiger partial charge in [0.05, 0.1) is 47.0 Å². The largest absolute Gasteiger partial charge is 0.383 e. The summed E-state index contributed by atoms with van der Waals surface area (Å²) in [5, 5.41) is 13.6. The number of ether oxygens (including phenoxy) is 1. The van der Waals surface area contributed by atoms with Crippen LogP contribution in [0.25, 0.3) is 10.9 Å². The zero-order valence-corrected chi connectivity index (χ0v) is 21.5. The number of carbonyl (C=O) groups is 2. The van der Waals surface area contributed by atoms with E-state index in [2.05, 4.69) is 33.9 Å². The van der Waals surface area contributed by atoms with Crippen LogP contribution in [-0.2, 0) is 9.53 Å². The molecule has 0 spiro atoms. The molecule has 0 radical (unpaired) electrons. The molecule has 37 heavy (non-hydrogen) atoms. The number of likely N-dealkylation sites (tertiary alicyclic amines) is 1. The fraction of sp³-hybridized carbons (Fsp3) is 0.385. The minimum absolute atomic E-state index is 0.152. The van der Waals surface area contributed by atoms with Crippen molar-refractivity contribution in [3.8, 4) is 11.8 Å². The Morgan fingerprint density at radius 1 is 1.30 bits per heavy atom. The summed E-state index contributed by atoms with van der Waals surface area (Å²) in [6.07, 6.45) is 5.86. The highest BCUT2D eigenvalue weighted by Gasteiger charge is 2.38. The van der Waals surface area contributed by atoms with Gasteiger partial charge in [0.15, 0.2) is 5.69 Å². The van der Waals surface area contributed by atoms with Crippen molar-refractivity contribution in [2.45, 2.75) is 37.4 Å². The van der Waals surface area contributed by atoms with Crippen LogP contribution in [0.15, 0.2) is 31.0 Å². The molecule has 1 aromatic carbocycles. The van der Waals surface area contributed by atoms with Gasteiger partial charge in [-0.2, -0.15) is 10.2 Å². The molecule has 5 rings (SSSR count). The topological polar surface area (TPSA) is 120 Å². The van der Waals surface area contributed by atoms with Gasteiger partial charge in [-0.15, -0.1) is 0 Å². The number of carbonyl (C=O) groups excluding carboxylic acids is 2. The first-order valence-electron chi connectivity index (χ1n) is 12.1. The molecule has 2 amide bonds. The number of nitrogens with two attached hydrogens (primary N) is 1. The molecule has 2 aliphatic rings. The van der Waals surface area contributed by atoms with Crippen LogP contribution in [0.5, 0.6) is 0 Å². The maximum Gasteiger partial charge on any atom is 0.255 e. The first-order chi connectivity index (χ1) is 17.9. The van der Waals surface area contributed by atoms with Crippen molar-refractivity contribution >= 4 is 40.1 Å². The first kappa shape index (κ1) is 24.9. The monoisotopic (exact) mass is 521 g/mol. The summed E-state index contributed by atoms with van der Waals surface area (Å²) in [4.78, 5) is 26.7. The van der Waals surface area contributed by atoms with Crippen molar-refractivity contribution in [2.24, 2.45) is 5.73 Å². The average molecular weight is 522 g/mol. The van der Waals surface area contributed by atoms with Crippen molar-refractivity contribution in [2.75, 3.05) is 32.6 Å². The van der Waals surface area contributed by atoms with E-state index in [-0.39, 0.29) is 29.2 Å². The Kier molecular flexibility index (Phi) is 6.67. The van der Waals surface area contributed by atoms with Gasteiger partial charge >= 0.3 is 0 Å². The molecule has 10 nitrogen and oxygen atoms in total. The molecule has 2 fully saturated rings. The lowest BCUT2D eigenvalue weighted by Gasteiger charge is -2.22. The number of primary amides is 1. The van der Waals surface area contributed by atoms with E-state index >= 15 is 0 Å². The van der Waals surface area contributed by atoms with E-state index in [4.69, 9.17) is 22.1 Å². The molecule has 11 heteroatoms. The SMILES string of the molecule is C=CC(=O)N1C[C@@H](n2nc(C#Cc3c(Cl)ccc4c3cnn4C3CC3)c(C(N)=O)c2NC)C[C@@H]1COC. The minimum atomic E-state index is -0.656. The van der Waals surface area contributed by atoms with Gasteiger partial charge < -0.3 is 20.7 Å². The number of rotatable bonds is 7. The first-order valence-corrected chi connectivity index (χ1v) is 12.5. The molecule has 2 aromatic heterocycles. The van der Waals surface area contributed by atoms with Gasteiger partial charge in [-0.3, -0.25) is 14.3 Å². The minimum Gasteiger partial charge on any atom is -0.383 e. The van der Waals surface area contributed by atoms with E-state index in [1.165, 1.54) is 6.08 Å². The van der Waals surface area contributed by atoms with E-state index in [1.54, 1.807) is 36.0 Å². The Bertz CT molecular complexity index is 1460. The highest BCUT2D eigenvalue weighted by Crippen LogP contribution is 2.38. The number of methoxy groups -OCH3 is 1. The van der Waals surface area contributed by atoms with Crippen molar-refractivity contribution in [1.29, 1.82) is 0 Å². The van der Waals surface area contributed by atoms with Crippen molar-refractivity contribution < 1.29 is 14.3 Å². The summed E-state index contributed by atoms with van der Waals surface area (Å²) in [7, 11) is 3.28. The van der Waals surface area contributed by atoms with E-state index in [0.717, 1.165) is 23.7 Å². The number of nitrogens with zero attached hydrogens (tertiary/aromatic N) is 5. The van der Waals surface area contributed by atoms with Crippen LogP contribution in [-0.4, -0.2) is 69.6 Å². The highest BCUT2D eigenvalue weighted by atomic mass is 35.5. The summed E-state index contributed by atoms with van der Waals surface area (Å²) in [6, 6.07) is 3.80. The summed E-state index contributed by atoms with van der Waals surface area (Å²) in [5.41, 5.74) is 7.77. The van der Waals surface area contributed by atoms with Gasteiger partial charge in [0, 0.05) is 26.1 Å². The third-order valence-corrected chi connectivity index (χ3v) is 7.19. The van der Waals surface area contributed by atoms with Crippen LogP contribution >= 0.6 is 11.6 Å². The van der Waals surface area contributed by atoms with E-state index in [9.17, 15) is 9.59 Å². The number of fused-ring (bicyclic) bond motifs is 1. The summed E-state index contributed by atoms with van der Waals surface area (Å²) < 4.78 is 9.02. The second-order valence-electron chi connectivity index (χ2n) is 9.25. The Morgan fingerprint density at radius 3 is 2.73 bits per heavy atom. The van der Waals surface area contributed by atoms with Crippen molar-refractivity contribution in [3.63, 3.8) is 0 Å². The number of halogens is 1. The maximum absolute atomic E-state index is 12.5. The van der Waals surface area contributed by atoms with Crippen LogP contribution in [0.1, 0.15) is 53.0 Å². The standard InChI is InChI=1S/C26H28ClN7O3/c1-4-23(35)32-13-16(11-17(32)14-37-3)34-26(29-2)24(25(28)36)21(31-34)9-7-18-19-12-30-33(15-5-6-15)22(19)10-8-20(18)27/h4,8,10,12,15-17,29H,1,5-6,11,13-14H2,2-3H3,(H2,28,36)/t16-,17+/m0/s1. The molecule has 3 aromatic rings. The number of hydrogen-bond donors (Lipinski definition) is 2. The second-order valence-corrected chi connectivity index (χ2v) is 9.66. The number of hydrogen-bond acceptors (Lipinski definition) is 6. The zero-order chi connectivity index (χ0) is 26.3. The molecule has 1 saturated carbocycles. The van der Waals surface area contributed by atoms with Gasteiger partial charge in [-0.05, 0) is 43.4 Å². The highest BCUT2D eigenvalue weighted by molar-refractivity contribution is 6.32. The summed E-state index contributed by atoms with van der Waals surface area (Å²) >= 11 is 6.52. The molecule has 2 atom stereocenters. The van der Waals surface area contributed by atoms with Gasteiger partial charge in [0.2, 0.25) is 5.91 Å². The maximum atomic E-state index is 12.5. The Labute approximate surface area is 219 Å². The molecule has 3 heterocycles. The number of anilines is 1. The Balaban J connectivity index is 1.56. The smallest absolute Gasteiger partial charge is 0.255 e. The lowest BCUT2D eigenvalue weighted by Crippen LogP contribution is -2.37. The molecular formula is C26H28ClN7O3. The van der Waals surface area contributed by atoms with Crippen LogP contribution in [0.3, 0.4) is 0 Å². The molecule has 1 aliphatic heterocycles. The van der Waals surface area contributed by atoms with Crippen LogP contribution in [0.4, 0.5) is 5.82 Å². The Morgan fingerprint density at radius 2 is 2.08 bits per heavy atom. The van der Waals surface area contributed by atoms with E-state index in [1.807, 2.05) is 10.7 Å². The third kappa shape index (κ3) is 4.45. The zero-order valence-electron chi connectivity index (χ0n) is 20.7. The van der Waals surface area contributed by atoms with Gasteiger partial charge in [0.25, 0.3) is 5.91 Å². The van der Waals surface area contributed by atoms with Crippen molar-refractivity contribution in [1.82, 2.24) is 24.5 Å². The van der Waals surface area contributed by atoms with Gasteiger partial charge in [-0.25, -0.2) is 4.68 Å². The number of aromatic nitrogens is 4. The Hall–Kier alpha value is -3.81. The number of amides is 2. The molecule has 0 bridgehead atoms. The lowest BCUT2D eigenvalue weighted by molar-refractivity contribution is -0.127. The quantitative estimate of drug-likeness (QED) is 0.364. The van der Waals surface area contributed by atoms with Gasteiger partial charge in [0.1, 0.15) is 11.4 Å². The molecule has 3 N–H and O–H groups in total. The third-order valence-electron chi connectivity index (χ3n) is 6.88. The van der Waals surface area contributed by atoms with Crippen LogP contribution in [0, 0.1) is 11.8 Å². The normalized spacial score (nSPS) is 19.1. The molecule has 1 saturated heterocycles. The lowest BCUT2D eigenvalue weighted by atomic mass is 10.1. The average Bonchev–Trinajstić information content (AvgIpc) is 3.33. The molecule has 192 valence electrons. The predicted molar refractivity (Wildman–Crippen MR) is 141 cm³/mol. The fourth-order valence-corrected chi connectivity index (χ4v) is 5.23. The van der Waals surface area contributed by atoms with E-state index in [0.29, 0.717) is 42.0 Å². The second kappa shape index (κ2) is 9.92. The summed E-state index contributed by atoms with van der Waals surface area (Å²) in [6.45, 7) is 4.36. The van der Waals surface area contributed by atoms with E-state index < -0.39 is 5.91 Å². The van der Waals surface area contributed by atoms with Crippen molar-refractivity contribution in [3.05, 3.63) is 52.8 Å². The van der Waals surface area contributed by atoms with Gasteiger partial charge in [-0.1, -0.05) is 24.1 Å². The predicted octanol–water partition coefficient (Wildman–Crippen LogP) is 2.74. The van der Waals surface area contributed by atoms with Crippen LogP contribution in [0.2, 0.25) is 5.02 Å². The van der Waals surface area contributed by atoms with Crippen LogP contribution < -0.4 is 11.1 Å². The fourth-order valence-electron chi connectivity index (χ4n) is 5.02. The number of nitrogens with one attached hydrogen (secondary N) is 1. The summed E-state index contributed by atoms with van der Waals surface area (Å²) in [5.74, 6) is 5.75. The number of benzene rings is 1. The molecule has 0 unspecified atom stereocenters. The molecular weight excluding hydrogens is 494 g/mol. The molecule has 1 aliphatic carbocycles.